The molecule has 0 saturated heterocycles. The Balaban J connectivity index is 1.58. The summed E-state index contributed by atoms with van der Waals surface area (Å²) in [6, 6.07) is 20.8. The Kier molecular flexibility index (Phi) is 6.70. The summed E-state index contributed by atoms with van der Waals surface area (Å²) in [5, 5.41) is 11.9. The summed E-state index contributed by atoms with van der Waals surface area (Å²) < 4.78 is 11.4. The molecule has 6 heteroatoms. The zero-order valence-corrected chi connectivity index (χ0v) is 16.8. The van der Waals surface area contributed by atoms with Crippen LogP contribution in [0.1, 0.15) is 29.8 Å². The van der Waals surface area contributed by atoms with Gasteiger partial charge in [-0.05, 0) is 67.9 Å². The van der Waals surface area contributed by atoms with Crippen LogP contribution in [0.4, 0.5) is 5.69 Å². The topological polar surface area (TPSA) is 84.9 Å². The molecule has 0 fully saturated rings. The lowest BCUT2D eigenvalue weighted by molar-refractivity contribution is -0.115. The minimum atomic E-state index is -1.09. The van der Waals surface area contributed by atoms with Crippen LogP contribution in [0.3, 0.4) is 0 Å². The third kappa shape index (κ3) is 5.85. The van der Waals surface area contributed by atoms with Crippen LogP contribution in [0.25, 0.3) is 0 Å². The van der Waals surface area contributed by atoms with E-state index in [9.17, 15) is 14.7 Å². The summed E-state index contributed by atoms with van der Waals surface area (Å²) in [6.45, 7) is 3.94. The van der Waals surface area contributed by atoms with Crippen LogP contribution in [-0.2, 0) is 11.2 Å². The van der Waals surface area contributed by atoms with Gasteiger partial charge in [-0.15, -0.1) is 0 Å². The average molecular weight is 405 g/mol. The number of aromatic carboxylic acids is 1. The smallest absolute Gasteiger partial charge is 0.337 e. The Morgan fingerprint density at radius 2 is 1.43 bits per heavy atom. The Morgan fingerprint density at radius 3 is 2.03 bits per heavy atom. The first-order chi connectivity index (χ1) is 14.4. The molecular weight excluding hydrogens is 382 g/mol. The predicted molar refractivity (Wildman–Crippen MR) is 114 cm³/mol. The summed E-state index contributed by atoms with van der Waals surface area (Å²) >= 11 is 0. The van der Waals surface area contributed by atoms with Crippen molar-refractivity contribution in [3.05, 3.63) is 83.9 Å². The minimum Gasteiger partial charge on any atom is -0.491 e. The SMILES string of the molecule is CC(C)Oc1ccc(Oc2ccc(CC(=O)Nc3ccccc3C(=O)O)cc2)cc1. The number of ether oxygens (including phenoxy) is 2. The highest BCUT2D eigenvalue weighted by Gasteiger charge is 2.12. The van der Waals surface area contributed by atoms with Gasteiger partial charge >= 0.3 is 5.97 Å². The number of nitrogens with one attached hydrogen (secondary N) is 1. The molecule has 0 atom stereocenters. The van der Waals surface area contributed by atoms with Gasteiger partial charge in [-0.25, -0.2) is 4.79 Å². The number of amides is 1. The highest BCUT2D eigenvalue weighted by atomic mass is 16.5. The molecule has 0 bridgehead atoms. The molecular formula is C24H23NO5. The van der Waals surface area contributed by atoms with E-state index in [1.165, 1.54) is 6.07 Å². The Morgan fingerprint density at radius 1 is 0.867 bits per heavy atom. The fourth-order valence-electron chi connectivity index (χ4n) is 2.83. The van der Waals surface area contributed by atoms with E-state index in [4.69, 9.17) is 9.47 Å². The quantitative estimate of drug-likeness (QED) is 0.542. The number of hydrogen-bond acceptors (Lipinski definition) is 4. The third-order valence-corrected chi connectivity index (χ3v) is 4.15. The standard InChI is InChI=1S/C24H23NO5/c1-16(2)29-18-11-13-20(14-12-18)30-19-9-7-17(8-10-19)15-23(26)25-22-6-4-3-5-21(22)24(27)28/h3-14,16H,15H2,1-2H3,(H,25,26)(H,27,28). The van der Waals surface area contributed by atoms with E-state index in [1.807, 2.05) is 38.1 Å². The molecule has 1 amide bonds. The van der Waals surface area contributed by atoms with Crippen LogP contribution in [0.15, 0.2) is 72.8 Å². The van der Waals surface area contributed by atoms with Gasteiger partial charge < -0.3 is 19.9 Å². The van der Waals surface area contributed by atoms with E-state index in [2.05, 4.69) is 5.32 Å². The van der Waals surface area contributed by atoms with Crippen molar-refractivity contribution in [1.29, 1.82) is 0 Å². The first kappa shape index (κ1) is 20.9. The fraction of sp³-hybridized carbons (Fsp3) is 0.167. The van der Waals surface area contributed by atoms with Gasteiger partial charge in [0, 0.05) is 0 Å². The molecule has 0 radical (unpaired) electrons. The maximum Gasteiger partial charge on any atom is 0.337 e. The Hall–Kier alpha value is -3.80. The molecule has 154 valence electrons. The number of carboxylic acid groups (broad SMARTS) is 1. The molecule has 0 aliphatic heterocycles. The van der Waals surface area contributed by atoms with Crippen molar-refractivity contribution in [1.82, 2.24) is 0 Å². The number of para-hydroxylation sites is 1. The van der Waals surface area contributed by atoms with Crippen molar-refractivity contribution in [3.63, 3.8) is 0 Å². The third-order valence-electron chi connectivity index (χ3n) is 4.15. The fourth-order valence-corrected chi connectivity index (χ4v) is 2.83. The van der Waals surface area contributed by atoms with Crippen LogP contribution in [0.2, 0.25) is 0 Å². The molecule has 0 aliphatic rings. The van der Waals surface area contributed by atoms with Crippen LogP contribution in [0.5, 0.6) is 17.2 Å². The molecule has 0 aliphatic carbocycles. The lowest BCUT2D eigenvalue weighted by Gasteiger charge is -2.11. The van der Waals surface area contributed by atoms with Crippen LogP contribution in [-0.4, -0.2) is 23.1 Å². The summed E-state index contributed by atoms with van der Waals surface area (Å²) in [6.07, 6.45) is 0.231. The largest absolute Gasteiger partial charge is 0.491 e. The number of benzene rings is 3. The second-order valence-electron chi connectivity index (χ2n) is 6.96. The van der Waals surface area contributed by atoms with Gasteiger partial charge in [0.2, 0.25) is 5.91 Å². The van der Waals surface area contributed by atoms with E-state index in [-0.39, 0.29) is 29.7 Å². The van der Waals surface area contributed by atoms with Gasteiger partial charge in [-0.3, -0.25) is 4.79 Å². The van der Waals surface area contributed by atoms with E-state index >= 15 is 0 Å². The molecule has 6 nitrogen and oxygen atoms in total. The van der Waals surface area contributed by atoms with Crippen molar-refractivity contribution < 1.29 is 24.2 Å². The molecule has 3 rings (SSSR count). The lowest BCUT2D eigenvalue weighted by Crippen LogP contribution is -2.16. The molecule has 3 aromatic rings. The first-order valence-electron chi connectivity index (χ1n) is 9.56. The van der Waals surface area contributed by atoms with Gasteiger partial charge in [0.05, 0.1) is 23.8 Å². The number of carbonyl (C=O) groups is 2. The van der Waals surface area contributed by atoms with Gasteiger partial charge in [0.1, 0.15) is 17.2 Å². The normalized spacial score (nSPS) is 10.5. The van der Waals surface area contributed by atoms with Crippen molar-refractivity contribution in [2.75, 3.05) is 5.32 Å². The second-order valence-corrected chi connectivity index (χ2v) is 6.96. The summed E-state index contributed by atoms with van der Waals surface area (Å²) in [5.41, 5.74) is 1.12. The van der Waals surface area contributed by atoms with E-state index in [0.29, 0.717) is 11.5 Å². The number of rotatable bonds is 8. The monoisotopic (exact) mass is 405 g/mol. The number of hydrogen-bond donors (Lipinski definition) is 2. The van der Waals surface area contributed by atoms with Gasteiger partial charge in [-0.1, -0.05) is 24.3 Å². The minimum absolute atomic E-state index is 0.0550. The lowest BCUT2D eigenvalue weighted by atomic mass is 10.1. The molecule has 0 spiro atoms. The summed E-state index contributed by atoms with van der Waals surface area (Å²) in [5.74, 6) is 0.729. The first-order valence-corrected chi connectivity index (χ1v) is 9.56. The molecule has 0 aromatic heterocycles. The maximum atomic E-state index is 12.3. The van der Waals surface area contributed by atoms with Gasteiger partial charge in [-0.2, -0.15) is 0 Å². The second kappa shape index (κ2) is 9.60. The average Bonchev–Trinajstić information content (AvgIpc) is 2.71. The molecule has 30 heavy (non-hydrogen) atoms. The summed E-state index contributed by atoms with van der Waals surface area (Å²) in [4.78, 5) is 23.5. The van der Waals surface area contributed by atoms with E-state index < -0.39 is 5.97 Å². The highest BCUT2D eigenvalue weighted by Crippen LogP contribution is 2.25. The number of carboxylic acids is 1. The van der Waals surface area contributed by atoms with Crippen molar-refractivity contribution in [2.45, 2.75) is 26.4 Å². The Labute approximate surface area is 175 Å². The van der Waals surface area contributed by atoms with Crippen LogP contribution < -0.4 is 14.8 Å². The van der Waals surface area contributed by atoms with Gasteiger partial charge in [0.25, 0.3) is 0 Å². The van der Waals surface area contributed by atoms with Crippen LogP contribution >= 0.6 is 0 Å². The Bertz CT molecular complexity index is 1010. The van der Waals surface area contributed by atoms with E-state index in [1.54, 1.807) is 42.5 Å². The van der Waals surface area contributed by atoms with Crippen molar-refractivity contribution in [2.24, 2.45) is 0 Å². The molecule has 0 unspecified atom stereocenters. The van der Waals surface area contributed by atoms with Crippen molar-refractivity contribution in [3.8, 4) is 17.2 Å². The number of anilines is 1. The predicted octanol–water partition coefficient (Wildman–Crippen LogP) is 5.15. The van der Waals surface area contributed by atoms with Crippen LogP contribution in [0, 0.1) is 0 Å². The zero-order chi connectivity index (χ0) is 21.5. The molecule has 3 aromatic carbocycles. The zero-order valence-electron chi connectivity index (χ0n) is 16.8. The van der Waals surface area contributed by atoms with Gasteiger partial charge in [0.15, 0.2) is 0 Å². The van der Waals surface area contributed by atoms with E-state index in [0.717, 1.165) is 11.3 Å². The maximum absolute atomic E-state index is 12.3. The molecule has 0 saturated carbocycles. The highest BCUT2D eigenvalue weighted by molar-refractivity contribution is 6.00. The van der Waals surface area contributed by atoms with Crippen molar-refractivity contribution >= 4 is 17.6 Å². The molecule has 2 N–H and O–H groups in total. The molecule has 0 heterocycles. The summed E-state index contributed by atoms with van der Waals surface area (Å²) in [7, 11) is 0. The number of carbonyl (C=O) groups excluding carboxylic acids is 1.